The summed E-state index contributed by atoms with van der Waals surface area (Å²) in [5.74, 6) is 0.439. The standard InChI is InChI=1S/C18H20O5/c1-3-22-18(20)17(19)14-9-10-15(16(11-14)21-2)23-12-13-7-5-4-6-8-13/h4-11,18,20H,3,12H2,1-2H3. The first-order valence-electron chi connectivity index (χ1n) is 7.34. The summed E-state index contributed by atoms with van der Waals surface area (Å²) in [6, 6.07) is 14.5. The average Bonchev–Trinajstić information content (AvgIpc) is 2.60. The van der Waals surface area contributed by atoms with Gasteiger partial charge in [-0.15, -0.1) is 0 Å². The van der Waals surface area contributed by atoms with Gasteiger partial charge >= 0.3 is 0 Å². The van der Waals surface area contributed by atoms with Crippen LogP contribution < -0.4 is 9.47 Å². The van der Waals surface area contributed by atoms with Gasteiger partial charge in [0.05, 0.1) is 7.11 Å². The van der Waals surface area contributed by atoms with Crippen LogP contribution in [0.5, 0.6) is 11.5 Å². The maximum Gasteiger partial charge on any atom is 0.220 e. The van der Waals surface area contributed by atoms with Crippen molar-refractivity contribution in [1.29, 1.82) is 0 Å². The van der Waals surface area contributed by atoms with Gasteiger partial charge in [-0.05, 0) is 30.7 Å². The lowest BCUT2D eigenvalue weighted by Crippen LogP contribution is -2.23. The highest BCUT2D eigenvalue weighted by Gasteiger charge is 2.19. The van der Waals surface area contributed by atoms with Crippen molar-refractivity contribution in [3.8, 4) is 11.5 Å². The fraction of sp³-hybridized carbons (Fsp3) is 0.278. The zero-order chi connectivity index (χ0) is 16.7. The molecule has 0 saturated carbocycles. The molecule has 0 bridgehead atoms. The van der Waals surface area contributed by atoms with Crippen LogP contribution in [0, 0.1) is 0 Å². The number of carbonyl (C=O) groups is 1. The molecule has 0 fully saturated rings. The highest BCUT2D eigenvalue weighted by molar-refractivity contribution is 5.99. The molecule has 1 unspecified atom stereocenters. The lowest BCUT2D eigenvalue weighted by Gasteiger charge is -2.13. The van der Waals surface area contributed by atoms with Gasteiger partial charge in [-0.1, -0.05) is 30.3 Å². The van der Waals surface area contributed by atoms with Crippen LogP contribution >= 0.6 is 0 Å². The van der Waals surface area contributed by atoms with Gasteiger partial charge < -0.3 is 19.3 Å². The van der Waals surface area contributed by atoms with Gasteiger partial charge in [-0.3, -0.25) is 4.79 Å². The summed E-state index contributed by atoms with van der Waals surface area (Å²) >= 11 is 0. The molecule has 5 nitrogen and oxygen atoms in total. The minimum atomic E-state index is -1.47. The van der Waals surface area contributed by atoms with Crippen LogP contribution in [-0.4, -0.2) is 30.9 Å². The molecule has 2 aromatic carbocycles. The molecule has 1 atom stereocenters. The first-order chi connectivity index (χ1) is 11.2. The zero-order valence-electron chi connectivity index (χ0n) is 13.2. The second-order valence-electron chi connectivity index (χ2n) is 4.81. The van der Waals surface area contributed by atoms with Gasteiger partial charge in [0.2, 0.25) is 12.1 Å². The molecule has 0 aromatic heterocycles. The molecule has 5 heteroatoms. The minimum Gasteiger partial charge on any atom is -0.493 e. The maximum atomic E-state index is 12.0. The molecule has 0 aliphatic heterocycles. The number of carbonyl (C=O) groups excluding carboxylic acids is 1. The Kier molecular flexibility index (Phi) is 6.14. The van der Waals surface area contributed by atoms with Crippen LogP contribution in [-0.2, 0) is 11.3 Å². The first-order valence-corrected chi connectivity index (χ1v) is 7.34. The van der Waals surface area contributed by atoms with Crippen molar-refractivity contribution in [2.75, 3.05) is 13.7 Å². The predicted molar refractivity (Wildman–Crippen MR) is 85.7 cm³/mol. The topological polar surface area (TPSA) is 65.0 Å². The third-order valence-electron chi connectivity index (χ3n) is 3.23. The van der Waals surface area contributed by atoms with Crippen molar-refractivity contribution in [3.63, 3.8) is 0 Å². The van der Waals surface area contributed by atoms with Gasteiger partial charge in [-0.25, -0.2) is 0 Å². The van der Waals surface area contributed by atoms with Gasteiger partial charge in [0.15, 0.2) is 11.5 Å². The van der Waals surface area contributed by atoms with Crippen LogP contribution in [0.2, 0.25) is 0 Å². The zero-order valence-corrected chi connectivity index (χ0v) is 13.2. The van der Waals surface area contributed by atoms with Crippen molar-refractivity contribution in [2.24, 2.45) is 0 Å². The van der Waals surface area contributed by atoms with Crippen molar-refractivity contribution in [2.45, 2.75) is 19.8 Å². The normalized spacial score (nSPS) is 11.8. The average molecular weight is 316 g/mol. The molecule has 122 valence electrons. The number of Topliss-reactive ketones (excluding diaryl/α,β-unsaturated/α-hetero) is 1. The van der Waals surface area contributed by atoms with Crippen LogP contribution in [0.3, 0.4) is 0 Å². The van der Waals surface area contributed by atoms with E-state index in [9.17, 15) is 9.90 Å². The molecule has 0 saturated heterocycles. The number of benzene rings is 2. The Bertz CT molecular complexity index is 639. The molecule has 0 spiro atoms. The van der Waals surface area contributed by atoms with E-state index in [0.717, 1.165) is 5.56 Å². The van der Waals surface area contributed by atoms with Crippen molar-refractivity contribution < 1.29 is 24.1 Å². The molecule has 23 heavy (non-hydrogen) atoms. The highest BCUT2D eigenvalue weighted by Crippen LogP contribution is 2.29. The van der Waals surface area contributed by atoms with Gasteiger partial charge in [0, 0.05) is 12.2 Å². The molecule has 0 heterocycles. The van der Waals surface area contributed by atoms with Gasteiger partial charge in [0.1, 0.15) is 6.61 Å². The molecular formula is C18H20O5. The van der Waals surface area contributed by atoms with Crippen LogP contribution in [0.15, 0.2) is 48.5 Å². The Morgan fingerprint density at radius 3 is 2.52 bits per heavy atom. The van der Waals surface area contributed by atoms with Crippen LogP contribution in [0.25, 0.3) is 0 Å². The minimum absolute atomic E-state index is 0.252. The Morgan fingerprint density at radius 2 is 1.87 bits per heavy atom. The van der Waals surface area contributed by atoms with Crippen LogP contribution in [0.1, 0.15) is 22.8 Å². The first kappa shape index (κ1) is 17.0. The summed E-state index contributed by atoms with van der Waals surface area (Å²) in [4.78, 5) is 12.0. The SMILES string of the molecule is CCOC(O)C(=O)c1ccc(OCc2ccccc2)c(OC)c1. The summed E-state index contributed by atoms with van der Waals surface area (Å²) in [5.41, 5.74) is 1.33. The molecule has 0 amide bonds. The third kappa shape index (κ3) is 4.55. The van der Waals surface area contributed by atoms with E-state index in [1.807, 2.05) is 30.3 Å². The smallest absolute Gasteiger partial charge is 0.220 e. The number of hydrogen-bond donors (Lipinski definition) is 1. The summed E-state index contributed by atoms with van der Waals surface area (Å²) in [7, 11) is 1.50. The van der Waals surface area contributed by atoms with E-state index in [0.29, 0.717) is 23.7 Å². The van der Waals surface area contributed by atoms with E-state index in [4.69, 9.17) is 14.2 Å². The fourth-order valence-corrected chi connectivity index (χ4v) is 2.05. The second kappa shape index (κ2) is 8.31. The summed E-state index contributed by atoms with van der Waals surface area (Å²) in [6.07, 6.45) is -1.47. The monoisotopic (exact) mass is 316 g/mol. The molecule has 0 aliphatic carbocycles. The lowest BCUT2D eigenvalue weighted by atomic mass is 10.1. The van der Waals surface area contributed by atoms with Gasteiger partial charge in [-0.2, -0.15) is 0 Å². The number of hydrogen-bond acceptors (Lipinski definition) is 5. The predicted octanol–water partition coefficient (Wildman–Crippen LogP) is 2.81. The Hall–Kier alpha value is -2.37. The van der Waals surface area contributed by atoms with E-state index >= 15 is 0 Å². The lowest BCUT2D eigenvalue weighted by molar-refractivity contribution is -0.0675. The molecule has 1 N–H and O–H groups in total. The maximum absolute atomic E-state index is 12.0. The summed E-state index contributed by atoms with van der Waals surface area (Å²) < 4.78 is 15.9. The number of ether oxygens (including phenoxy) is 3. The molecule has 2 aromatic rings. The number of aliphatic hydroxyl groups excluding tert-OH is 1. The quantitative estimate of drug-likeness (QED) is 0.599. The molecule has 0 radical (unpaired) electrons. The fourth-order valence-electron chi connectivity index (χ4n) is 2.05. The highest BCUT2D eigenvalue weighted by atomic mass is 16.6. The van der Waals surface area contributed by atoms with Crippen molar-refractivity contribution in [1.82, 2.24) is 0 Å². The van der Waals surface area contributed by atoms with E-state index in [2.05, 4.69) is 0 Å². The molecule has 0 aliphatic rings. The Morgan fingerprint density at radius 1 is 1.13 bits per heavy atom. The van der Waals surface area contributed by atoms with E-state index in [1.54, 1.807) is 19.1 Å². The van der Waals surface area contributed by atoms with E-state index in [1.165, 1.54) is 13.2 Å². The number of ketones is 1. The summed E-state index contributed by atoms with van der Waals surface area (Å²) in [6.45, 7) is 2.35. The number of methoxy groups -OCH3 is 1. The number of aliphatic hydroxyl groups is 1. The van der Waals surface area contributed by atoms with Gasteiger partial charge in [0.25, 0.3) is 0 Å². The van der Waals surface area contributed by atoms with E-state index in [-0.39, 0.29) is 6.61 Å². The second-order valence-corrected chi connectivity index (χ2v) is 4.81. The van der Waals surface area contributed by atoms with E-state index < -0.39 is 12.1 Å². The molecular weight excluding hydrogens is 296 g/mol. The molecule has 2 rings (SSSR count). The Labute approximate surface area is 135 Å². The van der Waals surface area contributed by atoms with Crippen molar-refractivity contribution in [3.05, 3.63) is 59.7 Å². The largest absolute Gasteiger partial charge is 0.493 e. The Balaban J connectivity index is 2.11. The van der Waals surface area contributed by atoms with Crippen LogP contribution in [0.4, 0.5) is 0 Å². The third-order valence-corrected chi connectivity index (χ3v) is 3.23. The summed E-state index contributed by atoms with van der Waals surface area (Å²) in [5, 5.41) is 9.61. The van der Waals surface area contributed by atoms with Crippen molar-refractivity contribution >= 4 is 5.78 Å². The number of rotatable bonds is 8.